The molecule has 1 heterocycles. The Morgan fingerprint density at radius 3 is 2.24 bits per heavy atom. The van der Waals surface area contributed by atoms with Crippen molar-refractivity contribution < 1.29 is 38.2 Å². The molecule has 3 atom stereocenters. The van der Waals surface area contributed by atoms with E-state index in [9.17, 15) is 33.5 Å². The number of amides is 5. The van der Waals surface area contributed by atoms with Gasteiger partial charge >= 0.3 is 6.09 Å². The smallest absolute Gasteiger partial charge is 0.408 e. The summed E-state index contributed by atoms with van der Waals surface area (Å²) in [6.07, 6.45) is 1.08. The predicted molar refractivity (Wildman–Crippen MR) is 191 cm³/mol. The van der Waals surface area contributed by atoms with Crippen molar-refractivity contribution in [3.8, 4) is 5.75 Å². The molecule has 0 saturated carbocycles. The molecule has 2 unspecified atom stereocenters. The van der Waals surface area contributed by atoms with E-state index in [1.54, 1.807) is 32.9 Å². The Bertz CT molecular complexity index is 1530. The Morgan fingerprint density at radius 1 is 0.941 bits per heavy atom. The molecule has 5 N–H and O–H groups in total. The second-order valence-corrected chi connectivity index (χ2v) is 15.1. The highest BCUT2D eigenvalue weighted by atomic mass is 19.1. The third-order valence-electron chi connectivity index (χ3n) is 8.51. The molecule has 51 heavy (non-hydrogen) atoms. The van der Waals surface area contributed by atoms with Gasteiger partial charge in [0.25, 0.3) is 0 Å². The van der Waals surface area contributed by atoms with Crippen LogP contribution in [0.15, 0.2) is 42.5 Å². The second kappa shape index (κ2) is 18.0. The highest BCUT2D eigenvalue weighted by Crippen LogP contribution is 2.31. The van der Waals surface area contributed by atoms with Crippen molar-refractivity contribution in [1.82, 2.24) is 26.2 Å². The first-order valence-electron chi connectivity index (χ1n) is 17.5. The molecule has 0 spiro atoms. The average Bonchev–Trinajstić information content (AvgIpc) is 3.03. The zero-order chi connectivity index (χ0) is 37.9. The van der Waals surface area contributed by atoms with E-state index in [1.165, 1.54) is 36.2 Å². The van der Waals surface area contributed by atoms with E-state index < -0.39 is 53.4 Å². The quantitative estimate of drug-likeness (QED) is 0.290. The van der Waals surface area contributed by atoms with E-state index in [4.69, 9.17) is 4.74 Å². The van der Waals surface area contributed by atoms with Gasteiger partial charge in [0.05, 0.1) is 0 Å². The maximum Gasteiger partial charge on any atom is 0.408 e. The number of benzene rings is 2. The van der Waals surface area contributed by atoms with Crippen molar-refractivity contribution in [3.05, 3.63) is 65.0 Å². The first-order chi connectivity index (χ1) is 23.8. The van der Waals surface area contributed by atoms with Gasteiger partial charge in [-0.3, -0.25) is 19.2 Å². The van der Waals surface area contributed by atoms with Crippen LogP contribution >= 0.6 is 0 Å². The SMILES string of the molecule is CN(C(=O)[C@H](Cc1ccc(F)cc1)NC(=O)OC(C)(C)C)C1CCCCNC(=O)CCCNC(=O)C(Cc2ccc(O)c(C(C)(C)C)c2)NC1=O. The first-order valence-corrected chi connectivity index (χ1v) is 17.5. The highest BCUT2D eigenvalue weighted by molar-refractivity contribution is 5.94. The van der Waals surface area contributed by atoms with Gasteiger partial charge in [0, 0.05) is 39.4 Å². The van der Waals surface area contributed by atoms with Crippen LogP contribution in [0.2, 0.25) is 0 Å². The Hall–Kier alpha value is -4.68. The van der Waals surface area contributed by atoms with Crippen LogP contribution in [0.1, 0.15) is 90.3 Å². The molecule has 1 fully saturated rings. The van der Waals surface area contributed by atoms with Crippen molar-refractivity contribution in [2.75, 3.05) is 20.1 Å². The Labute approximate surface area is 300 Å². The molecule has 1 aliphatic rings. The lowest BCUT2D eigenvalue weighted by Crippen LogP contribution is -2.58. The number of phenolic OH excluding ortho intramolecular Hbond substituents is 1. The summed E-state index contributed by atoms with van der Waals surface area (Å²) in [7, 11) is 1.46. The normalized spacial score (nSPS) is 18.9. The molecular weight excluding hydrogens is 657 g/mol. The lowest BCUT2D eigenvalue weighted by Gasteiger charge is -2.32. The average molecular weight is 712 g/mol. The number of halogens is 1. The number of hydrogen-bond acceptors (Lipinski definition) is 7. The molecule has 0 aliphatic carbocycles. The number of nitrogens with zero attached hydrogens (tertiary/aromatic N) is 1. The lowest BCUT2D eigenvalue weighted by atomic mass is 9.84. The number of carbonyl (C=O) groups excluding carboxylic acids is 5. The van der Waals surface area contributed by atoms with Crippen LogP contribution in [0.5, 0.6) is 5.75 Å². The molecule has 1 saturated heterocycles. The van der Waals surface area contributed by atoms with Crippen LogP contribution in [-0.4, -0.2) is 83.6 Å². The summed E-state index contributed by atoms with van der Waals surface area (Å²) in [5.41, 5.74) is 0.723. The number of aromatic hydroxyl groups is 1. The third-order valence-corrected chi connectivity index (χ3v) is 8.51. The summed E-state index contributed by atoms with van der Waals surface area (Å²) in [4.78, 5) is 68.4. The van der Waals surface area contributed by atoms with Gasteiger partial charge in [0.15, 0.2) is 0 Å². The van der Waals surface area contributed by atoms with Crippen molar-refractivity contribution in [3.63, 3.8) is 0 Å². The summed E-state index contributed by atoms with van der Waals surface area (Å²) in [6.45, 7) is 11.5. The molecule has 2 aromatic rings. The maximum atomic E-state index is 14.2. The van der Waals surface area contributed by atoms with Crippen LogP contribution in [0.3, 0.4) is 0 Å². The minimum atomic E-state index is -1.18. The van der Waals surface area contributed by atoms with E-state index in [2.05, 4.69) is 21.3 Å². The van der Waals surface area contributed by atoms with Gasteiger partial charge in [-0.2, -0.15) is 0 Å². The largest absolute Gasteiger partial charge is 0.508 e. The molecule has 0 bridgehead atoms. The highest BCUT2D eigenvalue weighted by Gasteiger charge is 2.35. The fraction of sp³-hybridized carbons (Fsp3) is 0.553. The number of likely N-dealkylation sites (N-methyl/N-ethyl adjacent to an activating group) is 1. The predicted octanol–water partition coefficient (Wildman–Crippen LogP) is 4.02. The topological polar surface area (TPSA) is 166 Å². The number of ether oxygens (including phenoxy) is 1. The lowest BCUT2D eigenvalue weighted by molar-refractivity contribution is -0.141. The van der Waals surface area contributed by atoms with Gasteiger partial charge < -0.3 is 36.0 Å². The Morgan fingerprint density at radius 2 is 1.59 bits per heavy atom. The molecule has 5 amide bonds. The minimum absolute atomic E-state index is 0.00887. The van der Waals surface area contributed by atoms with Gasteiger partial charge in [-0.1, -0.05) is 45.0 Å². The number of carbonyl (C=O) groups is 5. The standard InChI is InChI=1S/C38H54FN5O7/c1-37(2,3)27-21-25(15-18-31(27)45)23-28-33(47)41-20-10-12-32(46)40-19-9-8-11-30(34(48)42-28)44(7)35(49)29(43-36(50)51-38(4,5)6)22-24-13-16-26(39)17-14-24/h13-18,21,28-30,45H,8-12,19-20,22-23H2,1-7H3,(H,40,46)(H,41,47)(H,42,48)(H,43,50)/t28?,29-,30?/m0/s1. The molecule has 2 aromatic carbocycles. The molecule has 280 valence electrons. The number of nitrogens with one attached hydrogen (secondary N) is 4. The number of alkyl carbamates (subject to hydrolysis) is 1. The molecule has 1 aliphatic heterocycles. The number of hydrogen-bond donors (Lipinski definition) is 5. The van der Waals surface area contributed by atoms with Crippen molar-refractivity contribution in [2.24, 2.45) is 0 Å². The zero-order valence-electron chi connectivity index (χ0n) is 30.9. The summed E-state index contributed by atoms with van der Waals surface area (Å²) in [5, 5.41) is 21.7. The number of rotatable bonds is 7. The van der Waals surface area contributed by atoms with E-state index in [-0.39, 0.29) is 49.3 Å². The summed E-state index contributed by atoms with van der Waals surface area (Å²) in [5.74, 6) is -2.11. The fourth-order valence-electron chi connectivity index (χ4n) is 5.79. The molecule has 13 heteroatoms. The Balaban J connectivity index is 1.96. The van der Waals surface area contributed by atoms with E-state index in [0.29, 0.717) is 42.5 Å². The van der Waals surface area contributed by atoms with Crippen LogP contribution in [0.25, 0.3) is 0 Å². The van der Waals surface area contributed by atoms with Gasteiger partial charge in [0.2, 0.25) is 23.6 Å². The van der Waals surface area contributed by atoms with Gasteiger partial charge in [-0.25, -0.2) is 9.18 Å². The van der Waals surface area contributed by atoms with Crippen LogP contribution < -0.4 is 21.3 Å². The monoisotopic (exact) mass is 711 g/mol. The summed E-state index contributed by atoms with van der Waals surface area (Å²) in [6, 6.07) is 7.31. The minimum Gasteiger partial charge on any atom is -0.508 e. The van der Waals surface area contributed by atoms with Gasteiger partial charge in [0.1, 0.15) is 35.3 Å². The zero-order valence-corrected chi connectivity index (χ0v) is 30.9. The first kappa shape index (κ1) is 40.7. The maximum absolute atomic E-state index is 14.2. The van der Waals surface area contributed by atoms with Crippen molar-refractivity contribution in [1.29, 1.82) is 0 Å². The summed E-state index contributed by atoms with van der Waals surface area (Å²) < 4.78 is 19.1. The van der Waals surface area contributed by atoms with Crippen molar-refractivity contribution in [2.45, 2.75) is 116 Å². The molecule has 3 rings (SSSR count). The summed E-state index contributed by atoms with van der Waals surface area (Å²) >= 11 is 0. The Kier molecular flexibility index (Phi) is 14.4. The number of phenols is 1. The van der Waals surface area contributed by atoms with Crippen LogP contribution in [0, 0.1) is 5.82 Å². The molecule has 0 radical (unpaired) electrons. The second-order valence-electron chi connectivity index (χ2n) is 15.1. The van der Waals surface area contributed by atoms with Crippen LogP contribution in [0.4, 0.5) is 9.18 Å². The third kappa shape index (κ3) is 13.2. The van der Waals surface area contributed by atoms with E-state index >= 15 is 0 Å². The molecular formula is C38H54FN5O7. The van der Waals surface area contributed by atoms with Crippen LogP contribution in [-0.2, 0) is 42.2 Å². The van der Waals surface area contributed by atoms with Gasteiger partial charge in [-0.15, -0.1) is 0 Å². The van der Waals surface area contributed by atoms with Crippen molar-refractivity contribution >= 4 is 29.7 Å². The van der Waals surface area contributed by atoms with E-state index in [1.807, 2.05) is 26.8 Å². The fourth-order valence-corrected chi connectivity index (χ4v) is 5.79. The molecule has 0 aromatic heterocycles. The molecule has 12 nitrogen and oxygen atoms in total. The van der Waals surface area contributed by atoms with Gasteiger partial charge in [-0.05, 0) is 86.8 Å². The van der Waals surface area contributed by atoms with E-state index in [0.717, 1.165) is 0 Å².